The van der Waals surface area contributed by atoms with Crippen molar-refractivity contribution in [3.05, 3.63) is 40.4 Å². The standard InChI is InChI=1S/C54H83NO8/c1-7-13-19-27-35-58-45-41-44-42-33-25-26-34-43(42)46-48(47(44)52(61-38-30-22-16-10-4)50(45)59-36-28-20-14-8-2)53(62-39-31-23-17-11-5)54(63-40-32-24-18-12-6)49(55(56)57)51(46)60-37-29-21-15-9-3/h25-26,33-34,41H,7-24,27-32,35-40H2,1-6H3. The Kier molecular flexibility index (Phi) is 24.6. The fraction of sp³-hybridized carbons (Fsp3) is 0.667. The number of nitro groups is 1. The molecule has 0 aliphatic heterocycles. The van der Waals surface area contributed by atoms with Crippen molar-refractivity contribution in [3.8, 4) is 34.5 Å². The van der Waals surface area contributed by atoms with E-state index < -0.39 is 0 Å². The number of nitro benzene ring substituents is 1. The summed E-state index contributed by atoms with van der Waals surface area (Å²) in [5.41, 5.74) is -0.178. The Balaban J connectivity index is 2.20. The van der Waals surface area contributed by atoms with Crippen molar-refractivity contribution in [1.82, 2.24) is 0 Å². The molecular formula is C54H83NO8. The Morgan fingerprint density at radius 2 is 0.730 bits per heavy atom. The summed E-state index contributed by atoms with van der Waals surface area (Å²) in [4.78, 5) is 13.3. The van der Waals surface area contributed by atoms with Crippen LogP contribution in [0.2, 0.25) is 0 Å². The molecule has 63 heavy (non-hydrogen) atoms. The van der Waals surface area contributed by atoms with E-state index in [0.717, 1.165) is 176 Å². The van der Waals surface area contributed by atoms with Crippen molar-refractivity contribution < 1.29 is 33.3 Å². The summed E-state index contributed by atoms with van der Waals surface area (Å²) in [6.45, 7) is 15.8. The van der Waals surface area contributed by atoms with Gasteiger partial charge in [0, 0.05) is 16.2 Å². The van der Waals surface area contributed by atoms with Crippen LogP contribution in [0.4, 0.5) is 5.69 Å². The average Bonchev–Trinajstić information content (AvgIpc) is 3.29. The number of fused-ring (bicyclic) bond motifs is 6. The van der Waals surface area contributed by atoms with E-state index in [-0.39, 0.29) is 22.1 Å². The number of nitrogens with zero attached hydrogens (tertiary/aromatic N) is 1. The first-order valence-corrected chi connectivity index (χ1v) is 25.4. The largest absolute Gasteiger partial charge is 0.490 e. The summed E-state index contributed by atoms with van der Waals surface area (Å²) < 4.78 is 41.0. The molecule has 0 fully saturated rings. The molecule has 9 heteroatoms. The van der Waals surface area contributed by atoms with E-state index in [4.69, 9.17) is 28.4 Å². The first-order valence-electron chi connectivity index (χ1n) is 25.4. The van der Waals surface area contributed by atoms with E-state index in [9.17, 15) is 10.1 Å². The molecular weight excluding hydrogens is 791 g/mol. The number of unbranched alkanes of at least 4 members (excludes halogenated alkanes) is 18. The summed E-state index contributed by atoms with van der Waals surface area (Å²) in [7, 11) is 0. The highest BCUT2D eigenvalue weighted by molar-refractivity contribution is 6.31. The zero-order chi connectivity index (χ0) is 45.1. The molecule has 0 aromatic heterocycles. The van der Waals surface area contributed by atoms with Gasteiger partial charge < -0.3 is 28.4 Å². The van der Waals surface area contributed by atoms with Gasteiger partial charge in [0.2, 0.25) is 17.2 Å². The zero-order valence-corrected chi connectivity index (χ0v) is 40.3. The molecule has 4 rings (SSSR count). The normalized spacial score (nSPS) is 11.5. The Morgan fingerprint density at radius 3 is 1.16 bits per heavy atom. The van der Waals surface area contributed by atoms with E-state index in [2.05, 4.69) is 59.7 Å². The molecule has 0 aliphatic rings. The minimum atomic E-state index is -0.323. The predicted molar refractivity (Wildman–Crippen MR) is 263 cm³/mol. The van der Waals surface area contributed by atoms with Gasteiger partial charge in [0.25, 0.3) is 0 Å². The van der Waals surface area contributed by atoms with Crippen molar-refractivity contribution in [2.24, 2.45) is 0 Å². The number of hydrogen-bond acceptors (Lipinski definition) is 8. The fourth-order valence-electron chi connectivity index (χ4n) is 8.36. The van der Waals surface area contributed by atoms with Crippen LogP contribution in [0.1, 0.15) is 196 Å². The second-order valence-electron chi connectivity index (χ2n) is 17.3. The van der Waals surface area contributed by atoms with Crippen LogP contribution < -0.4 is 28.4 Å². The molecule has 0 bridgehead atoms. The predicted octanol–water partition coefficient (Wildman–Crippen LogP) is 16.8. The number of hydrogen-bond donors (Lipinski definition) is 0. The molecule has 0 N–H and O–H groups in total. The molecule has 0 spiro atoms. The van der Waals surface area contributed by atoms with Gasteiger partial charge in [-0.3, -0.25) is 10.1 Å². The van der Waals surface area contributed by atoms with Crippen LogP contribution in [0.15, 0.2) is 30.3 Å². The lowest BCUT2D eigenvalue weighted by Gasteiger charge is -2.25. The van der Waals surface area contributed by atoms with Crippen LogP contribution in [-0.4, -0.2) is 44.6 Å². The lowest BCUT2D eigenvalue weighted by atomic mass is 9.91. The second-order valence-corrected chi connectivity index (χ2v) is 17.3. The van der Waals surface area contributed by atoms with Gasteiger partial charge in [0.05, 0.1) is 44.6 Å². The molecule has 9 nitrogen and oxygen atoms in total. The third-order valence-corrected chi connectivity index (χ3v) is 11.9. The molecule has 0 atom stereocenters. The van der Waals surface area contributed by atoms with E-state index in [0.29, 0.717) is 73.4 Å². The van der Waals surface area contributed by atoms with Crippen molar-refractivity contribution >= 4 is 38.0 Å². The summed E-state index contributed by atoms with van der Waals surface area (Å²) in [5, 5.41) is 18.4. The third-order valence-electron chi connectivity index (χ3n) is 11.9. The number of rotatable bonds is 37. The first-order chi connectivity index (χ1) is 31.0. The Hall–Kier alpha value is -4.14. The molecule has 0 aliphatic carbocycles. The van der Waals surface area contributed by atoms with Crippen molar-refractivity contribution in [1.29, 1.82) is 0 Å². The Labute approximate surface area is 380 Å². The van der Waals surface area contributed by atoms with Gasteiger partial charge in [-0.05, 0) is 60.7 Å². The molecule has 352 valence electrons. The van der Waals surface area contributed by atoms with Crippen LogP contribution in [0, 0.1) is 10.1 Å². The highest BCUT2D eigenvalue weighted by atomic mass is 16.6. The SMILES string of the molecule is CCCCCCOc1cc2c3ccccc3c3c(OCCCCCC)c([N+](=O)[O-])c(OCCCCCC)c(OCCCCCC)c3c2c(OCCCCCC)c1OCCCCCC. The van der Waals surface area contributed by atoms with Gasteiger partial charge >= 0.3 is 5.69 Å². The topological polar surface area (TPSA) is 98.5 Å². The molecule has 0 amide bonds. The monoisotopic (exact) mass is 874 g/mol. The highest BCUT2D eigenvalue weighted by Gasteiger charge is 2.36. The maximum absolute atomic E-state index is 13.6. The lowest BCUT2D eigenvalue weighted by Crippen LogP contribution is -2.10. The van der Waals surface area contributed by atoms with Gasteiger partial charge in [-0.15, -0.1) is 0 Å². The molecule has 0 radical (unpaired) electrons. The van der Waals surface area contributed by atoms with Crippen LogP contribution in [0.25, 0.3) is 32.3 Å². The molecule has 0 saturated carbocycles. The van der Waals surface area contributed by atoms with E-state index in [1.54, 1.807) is 0 Å². The van der Waals surface area contributed by atoms with Crippen LogP contribution >= 0.6 is 0 Å². The molecule has 0 heterocycles. The van der Waals surface area contributed by atoms with E-state index in [1.807, 2.05) is 12.1 Å². The van der Waals surface area contributed by atoms with Gasteiger partial charge in [-0.25, -0.2) is 0 Å². The van der Waals surface area contributed by atoms with Gasteiger partial charge in [-0.1, -0.05) is 181 Å². The van der Waals surface area contributed by atoms with Gasteiger partial charge in [-0.2, -0.15) is 0 Å². The maximum atomic E-state index is 13.6. The van der Waals surface area contributed by atoms with Crippen molar-refractivity contribution in [2.45, 2.75) is 196 Å². The molecule has 0 unspecified atom stereocenters. The number of benzene rings is 4. The van der Waals surface area contributed by atoms with Crippen LogP contribution in [0.5, 0.6) is 34.5 Å². The third kappa shape index (κ3) is 15.2. The molecule has 4 aromatic carbocycles. The summed E-state index contributed by atoms with van der Waals surface area (Å²) in [6, 6.07) is 10.3. The van der Waals surface area contributed by atoms with Crippen molar-refractivity contribution in [2.75, 3.05) is 39.6 Å². The smallest absolute Gasteiger partial charge is 0.356 e. The van der Waals surface area contributed by atoms with Gasteiger partial charge in [0.1, 0.15) is 0 Å². The number of ether oxygens (including phenoxy) is 6. The summed E-state index contributed by atoms with van der Waals surface area (Å²) in [5.74, 6) is 2.55. The minimum absolute atomic E-state index is 0.131. The minimum Gasteiger partial charge on any atom is -0.490 e. The summed E-state index contributed by atoms with van der Waals surface area (Å²) >= 11 is 0. The second kappa shape index (κ2) is 30.1. The summed E-state index contributed by atoms with van der Waals surface area (Å²) in [6.07, 6.45) is 24.5. The lowest BCUT2D eigenvalue weighted by molar-refractivity contribution is -0.386. The average molecular weight is 874 g/mol. The van der Waals surface area contributed by atoms with E-state index in [1.165, 1.54) is 0 Å². The molecule has 4 aromatic rings. The van der Waals surface area contributed by atoms with Crippen LogP contribution in [0.3, 0.4) is 0 Å². The Bertz CT molecular complexity index is 1930. The first kappa shape index (κ1) is 51.5. The van der Waals surface area contributed by atoms with E-state index >= 15 is 0 Å². The quantitative estimate of drug-likeness (QED) is 0.0191. The van der Waals surface area contributed by atoms with Gasteiger partial charge in [0.15, 0.2) is 17.2 Å². The fourth-order valence-corrected chi connectivity index (χ4v) is 8.36. The zero-order valence-electron chi connectivity index (χ0n) is 40.3. The van der Waals surface area contributed by atoms with Crippen molar-refractivity contribution in [3.63, 3.8) is 0 Å². The Morgan fingerprint density at radius 1 is 0.381 bits per heavy atom. The highest BCUT2D eigenvalue weighted by Crippen LogP contribution is 2.58. The maximum Gasteiger partial charge on any atom is 0.356 e. The van der Waals surface area contributed by atoms with Crippen LogP contribution in [-0.2, 0) is 0 Å². The molecule has 0 saturated heterocycles.